The molecular formula is C21H23FN4O3S2. The van der Waals surface area contributed by atoms with E-state index in [9.17, 15) is 17.6 Å². The summed E-state index contributed by atoms with van der Waals surface area (Å²) in [5, 5.41) is 2.51. The fourth-order valence-electron chi connectivity index (χ4n) is 3.53. The van der Waals surface area contributed by atoms with E-state index in [1.54, 1.807) is 16.4 Å². The predicted octanol–water partition coefficient (Wildman–Crippen LogP) is 3.79. The number of hydrogen-bond donors (Lipinski definition) is 1. The monoisotopic (exact) mass is 462 g/mol. The minimum atomic E-state index is -4.00. The molecule has 0 unspecified atom stereocenters. The lowest BCUT2D eigenvalue weighted by molar-refractivity contribution is -0.130. The van der Waals surface area contributed by atoms with Gasteiger partial charge in [-0.15, -0.1) is 11.3 Å². The zero-order chi connectivity index (χ0) is 22.2. The summed E-state index contributed by atoms with van der Waals surface area (Å²) >= 11 is 1.39. The van der Waals surface area contributed by atoms with Gasteiger partial charge in [0.1, 0.15) is 22.3 Å². The number of nitrogens with one attached hydrogen (secondary N) is 1. The largest absolute Gasteiger partial charge is 0.341 e. The summed E-state index contributed by atoms with van der Waals surface area (Å²) in [5.74, 6) is -0.587. The third-order valence-electron chi connectivity index (χ3n) is 5.23. The molecule has 164 valence electrons. The Morgan fingerprint density at radius 1 is 1.23 bits per heavy atom. The van der Waals surface area contributed by atoms with Crippen molar-refractivity contribution >= 4 is 33.0 Å². The molecule has 1 aromatic carbocycles. The molecule has 0 aliphatic carbocycles. The van der Waals surface area contributed by atoms with E-state index in [-0.39, 0.29) is 23.0 Å². The quantitative estimate of drug-likeness (QED) is 0.604. The van der Waals surface area contributed by atoms with Crippen LogP contribution in [0.3, 0.4) is 0 Å². The highest BCUT2D eigenvalue weighted by atomic mass is 32.2. The molecule has 1 aliphatic heterocycles. The maximum absolute atomic E-state index is 13.6. The average Bonchev–Trinajstić information content (AvgIpc) is 3.45. The van der Waals surface area contributed by atoms with Crippen LogP contribution in [0.25, 0.3) is 10.7 Å². The van der Waals surface area contributed by atoms with E-state index >= 15 is 0 Å². The molecule has 0 radical (unpaired) electrons. The Labute approximate surface area is 184 Å². The number of nitrogens with zero attached hydrogens (tertiary/aromatic N) is 3. The standard InChI is InChI=1S/C21H23FN4O3S2/c1-14-5-6-16(22)9-18(14)24-31(28,29)17-10-19(21-23-15(2)13-30-21)26(11-17)12-20(27)25-7-3-4-8-25/h5-6,9-11,13,24H,3-4,7-8,12H2,1-2H3. The van der Waals surface area contributed by atoms with E-state index in [0.29, 0.717) is 16.3 Å². The number of rotatable bonds is 6. The molecule has 7 nitrogen and oxygen atoms in total. The van der Waals surface area contributed by atoms with Gasteiger partial charge in [-0.05, 0) is 50.5 Å². The van der Waals surface area contributed by atoms with E-state index in [2.05, 4.69) is 9.71 Å². The SMILES string of the molecule is Cc1csc(-c2cc(S(=O)(=O)Nc3cc(F)ccc3C)cn2CC(=O)N2CCCC2)n1. The van der Waals surface area contributed by atoms with Crippen LogP contribution in [0, 0.1) is 19.7 Å². The Morgan fingerprint density at radius 2 is 1.97 bits per heavy atom. The van der Waals surface area contributed by atoms with Crippen molar-refractivity contribution in [1.29, 1.82) is 0 Å². The number of aryl methyl sites for hydroxylation is 2. The normalized spacial score (nSPS) is 14.2. The summed E-state index contributed by atoms with van der Waals surface area (Å²) in [7, 11) is -4.00. The smallest absolute Gasteiger partial charge is 0.263 e. The molecule has 0 saturated carbocycles. The van der Waals surface area contributed by atoms with Gasteiger partial charge >= 0.3 is 0 Å². The third kappa shape index (κ3) is 4.64. The molecule has 4 rings (SSSR count). The average molecular weight is 463 g/mol. The van der Waals surface area contributed by atoms with E-state index < -0.39 is 15.8 Å². The second kappa shape index (κ2) is 8.43. The van der Waals surface area contributed by atoms with Crippen LogP contribution in [0.2, 0.25) is 0 Å². The maximum atomic E-state index is 13.6. The van der Waals surface area contributed by atoms with Crippen LogP contribution in [-0.4, -0.2) is 41.9 Å². The highest BCUT2D eigenvalue weighted by molar-refractivity contribution is 7.92. The van der Waals surface area contributed by atoms with Crippen molar-refractivity contribution in [3.8, 4) is 10.7 Å². The van der Waals surface area contributed by atoms with Crippen molar-refractivity contribution < 1.29 is 17.6 Å². The Hall–Kier alpha value is -2.72. The van der Waals surface area contributed by atoms with Crippen molar-refractivity contribution in [2.24, 2.45) is 0 Å². The molecule has 2 aromatic heterocycles. The fraction of sp³-hybridized carbons (Fsp3) is 0.333. The first-order chi connectivity index (χ1) is 14.7. The Bertz CT molecular complexity index is 1230. The first kappa shape index (κ1) is 21.5. The second-order valence-electron chi connectivity index (χ2n) is 7.64. The maximum Gasteiger partial charge on any atom is 0.263 e. The van der Waals surface area contributed by atoms with Crippen molar-refractivity contribution in [1.82, 2.24) is 14.5 Å². The highest BCUT2D eigenvalue weighted by Gasteiger charge is 2.24. The van der Waals surface area contributed by atoms with Gasteiger partial charge in [0.2, 0.25) is 5.91 Å². The van der Waals surface area contributed by atoms with Crippen LogP contribution in [-0.2, 0) is 21.4 Å². The number of halogens is 1. The van der Waals surface area contributed by atoms with Crippen molar-refractivity contribution in [2.45, 2.75) is 38.1 Å². The van der Waals surface area contributed by atoms with Crippen LogP contribution in [0.5, 0.6) is 0 Å². The molecule has 1 saturated heterocycles. The van der Waals surface area contributed by atoms with E-state index in [1.807, 2.05) is 12.3 Å². The molecule has 1 N–H and O–H groups in total. The summed E-state index contributed by atoms with van der Waals surface area (Å²) in [6.45, 7) is 5.02. The van der Waals surface area contributed by atoms with Crippen molar-refractivity contribution in [3.63, 3.8) is 0 Å². The molecule has 3 aromatic rings. The molecule has 10 heteroatoms. The van der Waals surface area contributed by atoms with Gasteiger partial charge in [-0.3, -0.25) is 9.52 Å². The summed E-state index contributed by atoms with van der Waals surface area (Å²) in [6.07, 6.45) is 3.40. The zero-order valence-electron chi connectivity index (χ0n) is 17.3. The van der Waals surface area contributed by atoms with Gasteiger partial charge in [-0.2, -0.15) is 0 Å². The van der Waals surface area contributed by atoms with Crippen LogP contribution in [0.1, 0.15) is 24.1 Å². The molecule has 0 spiro atoms. The molecule has 31 heavy (non-hydrogen) atoms. The van der Waals surface area contributed by atoms with Gasteiger partial charge in [-0.1, -0.05) is 6.07 Å². The summed E-state index contributed by atoms with van der Waals surface area (Å²) in [6, 6.07) is 5.44. The number of anilines is 1. The van der Waals surface area contributed by atoms with Crippen molar-refractivity contribution in [2.75, 3.05) is 17.8 Å². The number of carbonyl (C=O) groups is 1. The second-order valence-corrected chi connectivity index (χ2v) is 10.2. The zero-order valence-corrected chi connectivity index (χ0v) is 18.9. The van der Waals surface area contributed by atoms with Gasteiger partial charge < -0.3 is 9.47 Å². The van der Waals surface area contributed by atoms with E-state index in [4.69, 9.17) is 0 Å². The first-order valence-corrected chi connectivity index (χ1v) is 12.3. The van der Waals surface area contributed by atoms with Gasteiger partial charge in [0, 0.05) is 30.4 Å². The minimum Gasteiger partial charge on any atom is -0.341 e. The van der Waals surface area contributed by atoms with Crippen LogP contribution in [0.15, 0.2) is 40.7 Å². The number of carbonyl (C=O) groups excluding carboxylic acids is 1. The van der Waals surface area contributed by atoms with Gasteiger partial charge in [0.15, 0.2) is 0 Å². The predicted molar refractivity (Wildman–Crippen MR) is 118 cm³/mol. The molecule has 1 fully saturated rings. The Balaban J connectivity index is 1.69. The van der Waals surface area contributed by atoms with Gasteiger partial charge in [0.05, 0.1) is 11.4 Å². The van der Waals surface area contributed by atoms with Gasteiger partial charge in [0.25, 0.3) is 10.0 Å². The fourth-order valence-corrected chi connectivity index (χ4v) is 5.52. The minimum absolute atomic E-state index is 0.00626. The number of likely N-dealkylation sites (tertiary alicyclic amines) is 1. The molecular weight excluding hydrogens is 439 g/mol. The molecule has 1 aliphatic rings. The van der Waals surface area contributed by atoms with Crippen molar-refractivity contribution in [3.05, 3.63) is 52.9 Å². The highest BCUT2D eigenvalue weighted by Crippen LogP contribution is 2.29. The first-order valence-electron chi connectivity index (χ1n) is 9.92. The van der Waals surface area contributed by atoms with E-state index in [0.717, 1.165) is 37.7 Å². The number of thiazole rings is 1. The Kier molecular flexibility index (Phi) is 5.85. The number of benzene rings is 1. The molecule has 1 amide bonds. The molecule has 0 atom stereocenters. The lowest BCUT2D eigenvalue weighted by atomic mass is 10.2. The number of aromatic nitrogens is 2. The Morgan fingerprint density at radius 3 is 2.65 bits per heavy atom. The third-order valence-corrected chi connectivity index (χ3v) is 7.54. The number of sulfonamides is 1. The number of amides is 1. The van der Waals surface area contributed by atoms with Crippen LogP contribution >= 0.6 is 11.3 Å². The summed E-state index contributed by atoms with van der Waals surface area (Å²) < 4.78 is 43.8. The lowest BCUT2D eigenvalue weighted by Crippen LogP contribution is -2.31. The van der Waals surface area contributed by atoms with Gasteiger partial charge in [-0.25, -0.2) is 17.8 Å². The lowest BCUT2D eigenvalue weighted by Gasteiger charge is -2.16. The summed E-state index contributed by atoms with van der Waals surface area (Å²) in [4.78, 5) is 19.0. The topological polar surface area (TPSA) is 84.3 Å². The number of hydrogen-bond acceptors (Lipinski definition) is 5. The van der Waals surface area contributed by atoms with Crippen LogP contribution in [0.4, 0.5) is 10.1 Å². The molecule has 0 bridgehead atoms. The summed E-state index contributed by atoms with van der Waals surface area (Å²) in [5.41, 5.74) is 2.15. The van der Waals surface area contributed by atoms with E-state index in [1.165, 1.54) is 35.7 Å². The molecule has 3 heterocycles. The van der Waals surface area contributed by atoms with Crippen LogP contribution < -0.4 is 4.72 Å².